The van der Waals surface area contributed by atoms with E-state index in [-0.39, 0.29) is 10.6 Å². The van der Waals surface area contributed by atoms with Gasteiger partial charge >= 0.3 is 0 Å². The van der Waals surface area contributed by atoms with Crippen molar-refractivity contribution in [2.45, 2.75) is 6.92 Å². The molecule has 0 radical (unpaired) electrons. The van der Waals surface area contributed by atoms with Crippen molar-refractivity contribution in [3.63, 3.8) is 0 Å². The first-order chi connectivity index (χ1) is 10.0. The number of carbonyl (C=O) groups excluding carboxylic acids is 1. The number of aryl methyl sites for hydroxylation is 1. The summed E-state index contributed by atoms with van der Waals surface area (Å²) in [5.74, 6) is 0. The van der Waals surface area contributed by atoms with E-state index >= 15 is 0 Å². The lowest BCUT2D eigenvalue weighted by Gasteiger charge is -2.05. The second-order valence-corrected chi connectivity index (χ2v) is 5.54. The third-order valence-electron chi connectivity index (χ3n) is 3.10. The van der Waals surface area contributed by atoms with Crippen LogP contribution in [0.4, 0.5) is 0 Å². The molecule has 0 spiro atoms. The van der Waals surface area contributed by atoms with Crippen LogP contribution < -0.4 is 0 Å². The molecule has 1 aromatic carbocycles. The number of hydrogen-bond acceptors (Lipinski definition) is 3. The molecule has 4 nitrogen and oxygen atoms in total. The molecule has 0 fully saturated rings. The lowest BCUT2D eigenvalue weighted by Crippen LogP contribution is -2.00. The number of fused-ring (bicyclic) bond motifs is 1. The molecule has 106 valence electrons. The van der Waals surface area contributed by atoms with Gasteiger partial charge in [-0.2, -0.15) is 5.10 Å². The number of carbonyl (C=O) groups is 1. The zero-order valence-electron chi connectivity index (χ0n) is 10.8. The summed E-state index contributed by atoms with van der Waals surface area (Å²) >= 11 is 17.9. The fraction of sp³-hybridized carbons (Fsp3) is 0.0714. The molecule has 0 unspecified atom stereocenters. The van der Waals surface area contributed by atoms with Gasteiger partial charge in [-0.15, -0.1) is 0 Å². The molecule has 0 bridgehead atoms. The molecule has 0 saturated carbocycles. The van der Waals surface area contributed by atoms with E-state index in [1.807, 2.05) is 18.2 Å². The van der Waals surface area contributed by atoms with E-state index < -0.39 is 5.24 Å². The summed E-state index contributed by atoms with van der Waals surface area (Å²) in [4.78, 5) is 15.6. The Balaban J connectivity index is 2.36. The Bertz CT molecular complexity index is 873. The third-order valence-corrected chi connectivity index (χ3v) is 4.02. The van der Waals surface area contributed by atoms with Gasteiger partial charge in [0.15, 0.2) is 5.65 Å². The second kappa shape index (κ2) is 5.30. The molecule has 0 amide bonds. The number of halogens is 3. The van der Waals surface area contributed by atoms with Crippen LogP contribution in [0, 0.1) is 6.92 Å². The highest BCUT2D eigenvalue weighted by atomic mass is 35.5. The van der Waals surface area contributed by atoms with Gasteiger partial charge in [0.05, 0.1) is 32.4 Å². The van der Waals surface area contributed by atoms with Crippen molar-refractivity contribution in [1.29, 1.82) is 0 Å². The fourth-order valence-corrected chi connectivity index (χ4v) is 2.90. The Morgan fingerprint density at radius 1 is 1.24 bits per heavy atom. The lowest BCUT2D eigenvalue weighted by atomic mass is 10.2. The standard InChI is InChI=1S/C14H8Cl3N3O/c1-7-11-12(16)8(13(17)21)6-18-14(11)20(19-7)10-5-3-2-4-9(10)15/h2-6H,1H3. The highest BCUT2D eigenvalue weighted by Crippen LogP contribution is 2.32. The smallest absolute Gasteiger partial charge is 0.255 e. The summed E-state index contributed by atoms with van der Waals surface area (Å²) in [7, 11) is 0. The normalized spacial score (nSPS) is 11.0. The molecular weight excluding hydrogens is 333 g/mol. The minimum atomic E-state index is -0.653. The van der Waals surface area contributed by atoms with Crippen molar-refractivity contribution < 1.29 is 4.79 Å². The maximum Gasteiger partial charge on any atom is 0.255 e. The molecule has 3 aromatic rings. The van der Waals surface area contributed by atoms with Gasteiger partial charge in [-0.25, -0.2) is 9.67 Å². The Hall–Kier alpha value is -1.62. The molecule has 2 heterocycles. The van der Waals surface area contributed by atoms with E-state index in [0.29, 0.717) is 27.4 Å². The highest BCUT2D eigenvalue weighted by molar-refractivity contribution is 6.69. The predicted molar refractivity (Wildman–Crippen MR) is 83.8 cm³/mol. The van der Waals surface area contributed by atoms with E-state index in [4.69, 9.17) is 34.8 Å². The SMILES string of the molecule is Cc1nn(-c2ccccc2Cl)c2ncc(C(=O)Cl)c(Cl)c12. The van der Waals surface area contributed by atoms with E-state index in [0.717, 1.165) is 0 Å². The average molecular weight is 341 g/mol. The Morgan fingerprint density at radius 3 is 2.62 bits per heavy atom. The maximum atomic E-state index is 11.3. The molecular formula is C14H8Cl3N3O. The number of hydrogen-bond donors (Lipinski definition) is 0. The molecule has 0 aliphatic carbocycles. The number of pyridine rings is 1. The third kappa shape index (κ3) is 2.29. The summed E-state index contributed by atoms with van der Waals surface area (Å²) in [5.41, 5.74) is 2.01. The summed E-state index contributed by atoms with van der Waals surface area (Å²) in [6, 6.07) is 7.26. The zero-order chi connectivity index (χ0) is 15.1. The first kappa shape index (κ1) is 14.3. The van der Waals surface area contributed by atoms with Crippen LogP contribution >= 0.6 is 34.8 Å². The van der Waals surface area contributed by atoms with Crippen LogP contribution in [0.15, 0.2) is 30.5 Å². The number of nitrogens with zero attached hydrogens (tertiary/aromatic N) is 3. The van der Waals surface area contributed by atoms with E-state index in [2.05, 4.69) is 10.1 Å². The van der Waals surface area contributed by atoms with Crippen LogP contribution in [0.25, 0.3) is 16.7 Å². The fourth-order valence-electron chi connectivity index (χ4n) is 2.14. The van der Waals surface area contributed by atoms with Crippen LogP contribution in [0.2, 0.25) is 10.0 Å². The van der Waals surface area contributed by atoms with Crippen molar-refractivity contribution in [1.82, 2.24) is 14.8 Å². The Labute approximate surface area is 135 Å². The monoisotopic (exact) mass is 339 g/mol. The van der Waals surface area contributed by atoms with Gasteiger partial charge < -0.3 is 0 Å². The van der Waals surface area contributed by atoms with Crippen LogP contribution in [-0.4, -0.2) is 20.0 Å². The predicted octanol–water partition coefficient (Wildman–Crippen LogP) is 4.41. The topological polar surface area (TPSA) is 47.8 Å². The van der Waals surface area contributed by atoms with Crippen LogP contribution in [0.1, 0.15) is 16.1 Å². The average Bonchev–Trinajstić information content (AvgIpc) is 2.77. The Kier molecular flexibility index (Phi) is 3.61. The van der Waals surface area contributed by atoms with Gasteiger partial charge in [0.2, 0.25) is 0 Å². The molecule has 21 heavy (non-hydrogen) atoms. The molecule has 3 rings (SSSR count). The first-order valence-corrected chi connectivity index (χ1v) is 7.12. The highest BCUT2D eigenvalue weighted by Gasteiger charge is 2.19. The van der Waals surface area contributed by atoms with Crippen molar-refractivity contribution in [2.75, 3.05) is 0 Å². The molecule has 0 saturated heterocycles. The van der Waals surface area contributed by atoms with Gasteiger partial charge in [-0.05, 0) is 30.7 Å². The van der Waals surface area contributed by atoms with Crippen molar-refractivity contribution >= 4 is 51.1 Å². The van der Waals surface area contributed by atoms with Crippen molar-refractivity contribution in [3.05, 3.63) is 51.8 Å². The van der Waals surface area contributed by atoms with E-state index in [1.165, 1.54) is 6.20 Å². The first-order valence-electron chi connectivity index (χ1n) is 5.99. The Morgan fingerprint density at radius 2 is 1.95 bits per heavy atom. The molecule has 2 aromatic heterocycles. The quantitative estimate of drug-likeness (QED) is 0.649. The van der Waals surface area contributed by atoms with Gasteiger partial charge in [0.25, 0.3) is 5.24 Å². The van der Waals surface area contributed by atoms with Gasteiger partial charge in [-0.3, -0.25) is 4.79 Å². The molecule has 0 atom stereocenters. The number of aromatic nitrogens is 3. The summed E-state index contributed by atoms with van der Waals surface area (Å²) < 4.78 is 1.60. The molecule has 0 aliphatic heterocycles. The maximum absolute atomic E-state index is 11.3. The van der Waals surface area contributed by atoms with Crippen LogP contribution in [0.3, 0.4) is 0 Å². The van der Waals surface area contributed by atoms with E-state index in [1.54, 1.807) is 17.7 Å². The molecule has 0 aliphatic rings. The summed E-state index contributed by atoms with van der Waals surface area (Å²) in [6.07, 6.45) is 1.34. The minimum absolute atomic E-state index is 0.160. The zero-order valence-corrected chi connectivity index (χ0v) is 13.0. The molecule has 7 heteroatoms. The molecule has 0 N–H and O–H groups in total. The van der Waals surface area contributed by atoms with Crippen LogP contribution in [-0.2, 0) is 0 Å². The van der Waals surface area contributed by atoms with Gasteiger partial charge in [0.1, 0.15) is 0 Å². The van der Waals surface area contributed by atoms with Gasteiger partial charge in [0, 0.05) is 6.20 Å². The van der Waals surface area contributed by atoms with Crippen molar-refractivity contribution in [3.8, 4) is 5.69 Å². The van der Waals surface area contributed by atoms with Crippen LogP contribution in [0.5, 0.6) is 0 Å². The second-order valence-electron chi connectivity index (χ2n) is 4.41. The van der Waals surface area contributed by atoms with E-state index in [9.17, 15) is 4.79 Å². The lowest BCUT2D eigenvalue weighted by molar-refractivity contribution is 0.108. The largest absolute Gasteiger partial charge is 0.275 e. The number of para-hydroxylation sites is 1. The van der Waals surface area contributed by atoms with Gasteiger partial charge in [-0.1, -0.05) is 35.3 Å². The summed E-state index contributed by atoms with van der Waals surface area (Å²) in [6.45, 7) is 1.78. The number of rotatable bonds is 2. The minimum Gasteiger partial charge on any atom is -0.275 e. The van der Waals surface area contributed by atoms with Crippen molar-refractivity contribution in [2.24, 2.45) is 0 Å². The number of benzene rings is 1. The summed E-state index contributed by atoms with van der Waals surface area (Å²) in [5, 5.41) is 5.13.